The summed E-state index contributed by atoms with van der Waals surface area (Å²) in [5.74, 6) is -0.233. The van der Waals surface area contributed by atoms with Crippen LogP contribution >= 0.6 is 0 Å². The molecule has 1 heterocycles. The van der Waals surface area contributed by atoms with E-state index in [4.69, 9.17) is 4.74 Å². The van der Waals surface area contributed by atoms with Crippen molar-refractivity contribution in [1.82, 2.24) is 4.90 Å². The van der Waals surface area contributed by atoms with Crippen molar-refractivity contribution in [3.63, 3.8) is 0 Å². The number of hydrogen-bond acceptors (Lipinski definition) is 3. The molecule has 1 amide bonds. The Kier molecular flexibility index (Phi) is 4.82. The first-order valence-corrected chi connectivity index (χ1v) is 7.04. The summed E-state index contributed by atoms with van der Waals surface area (Å²) in [5, 5.41) is 3.23. The highest BCUT2D eigenvalue weighted by Crippen LogP contribution is 2.21. The Morgan fingerprint density at radius 1 is 1.45 bits per heavy atom. The van der Waals surface area contributed by atoms with E-state index in [9.17, 15) is 9.18 Å². The van der Waals surface area contributed by atoms with Gasteiger partial charge in [0, 0.05) is 19.1 Å². The average Bonchev–Trinajstić information content (AvgIpc) is 2.44. The highest BCUT2D eigenvalue weighted by atomic mass is 19.1. The number of piperidine rings is 1. The quantitative estimate of drug-likeness (QED) is 0.924. The number of halogens is 1. The summed E-state index contributed by atoms with van der Waals surface area (Å²) < 4.78 is 18.7. The summed E-state index contributed by atoms with van der Waals surface area (Å²) >= 11 is 0. The Balaban J connectivity index is 1.88. The molecule has 1 N–H and O–H groups in total. The van der Waals surface area contributed by atoms with Crippen molar-refractivity contribution in [3.8, 4) is 0 Å². The molecule has 1 aromatic rings. The Morgan fingerprint density at radius 3 is 2.80 bits per heavy atom. The highest BCUT2D eigenvalue weighted by molar-refractivity contribution is 5.67. The molecule has 0 atom stereocenters. The van der Waals surface area contributed by atoms with Gasteiger partial charge in [0.15, 0.2) is 0 Å². The van der Waals surface area contributed by atoms with Crippen LogP contribution in [-0.4, -0.2) is 36.7 Å². The van der Waals surface area contributed by atoms with E-state index in [1.54, 1.807) is 17.9 Å². The molecule has 20 heavy (non-hydrogen) atoms. The predicted molar refractivity (Wildman–Crippen MR) is 76.4 cm³/mol. The number of nitrogens with one attached hydrogen (secondary N) is 1. The van der Waals surface area contributed by atoms with E-state index in [1.807, 2.05) is 13.0 Å². The molecule has 0 radical (unpaired) electrons. The normalized spacial score (nSPS) is 16.1. The fraction of sp³-hybridized carbons (Fsp3) is 0.533. The minimum atomic E-state index is -0.257. The number of ether oxygens (including phenoxy) is 1. The molecule has 1 aliphatic heterocycles. The first kappa shape index (κ1) is 14.6. The van der Waals surface area contributed by atoms with E-state index < -0.39 is 0 Å². The van der Waals surface area contributed by atoms with Crippen molar-refractivity contribution >= 4 is 11.8 Å². The maximum Gasteiger partial charge on any atom is 0.409 e. The molecule has 1 aromatic carbocycles. The zero-order valence-corrected chi connectivity index (χ0v) is 12.0. The Morgan fingerprint density at radius 2 is 2.15 bits per heavy atom. The largest absolute Gasteiger partial charge is 0.450 e. The van der Waals surface area contributed by atoms with Crippen molar-refractivity contribution in [2.24, 2.45) is 0 Å². The van der Waals surface area contributed by atoms with Crippen molar-refractivity contribution in [2.45, 2.75) is 32.7 Å². The number of benzene rings is 1. The number of hydrogen-bond donors (Lipinski definition) is 1. The maximum absolute atomic E-state index is 13.7. The Hall–Kier alpha value is -1.78. The third-order valence-corrected chi connectivity index (χ3v) is 3.50. The number of rotatable bonds is 3. The molecule has 2 rings (SSSR count). The van der Waals surface area contributed by atoms with E-state index in [2.05, 4.69) is 5.32 Å². The summed E-state index contributed by atoms with van der Waals surface area (Å²) in [6.45, 7) is 5.42. The lowest BCUT2D eigenvalue weighted by molar-refractivity contribution is 0.0983. The lowest BCUT2D eigenvalue weighted by Crippen LogP contribution is -2.42. The fourth-order valence-electron chi connectivity index (χ4n) is 2.39. The lowest BCUT2D eigenvalue weighted by Gasteiger charge is -2.32. The van der Waals surface area contributed by atoms with E-state index in [0.717, 1.165) is 18.4 Å². The number of carbonyl (C=O) groups excluding carboxylic acids is 1. The number of anilines is 1. The smallest absolute Gasteiger partial charge is 0.409 e. The number of aryl methyl sites for hydroxylation is 1. The first-order chi connectivity index (χ1) is 9.60. The van der Waals surface area contributed by atoms with Crippen molar-refractivity contribution in [2.75, 3.05) is 25.0 Å². The average molecular weight is 280 g/mol. The van der Waals surface area contributed by atoms with Gasteiger partial charge in [0.1, 0.15) is 5.82 Å². The number of amides is 1. The third-order valence-electron chi connectivity index (χ3n) is 3.50. The molecule has 0 saturated carbocycles. The second kappa shape index (κ2) is 6.59. The van der Waals surface area contributed by atoms with Gasteiger partial charge in [-0.2, -0.15) is 0 Å². The third kappa shape index (κ3) is 3.62. The second-order valence-electron chi connectivity index (χ2n) is 5.09. The maximum atomic E-state index is 13.7. The summed E-state index contributed by atoms with van der Waals surface area (Å²) in [6.07, 6.45) is 1.34. The topological polar surface area (TPSA) is 41.6 Å². The molecular formula is C15H21FN2O2. The molecule has 1 saturated heterocycles. The monoisotopic (exact) mass is 280 g/mol. The van der Waals surface area contributed by atoms with Crippen molar-refractivity contribution in [3.05, 3.63) is 29.6 Å². The van der Waals surface area contributed by atoms with Gasteiger partial charge in [-0.05, 0) is 44.4 Å². The molecule has 0 unspecified atom stereocenters. The Labute approximate surface area is 118 Å². The van der Waals surface area contributed by atoms with Gasteiger partial charge in [-0.3, -0.25) is 0 Å². The van der Waals surface area contributed by atoms with E-state index in [1.165, 1.54) is 6.07 Å². The van der Waals surface area contributed by atoms with Crippen LogP contribution < -0.4 is 5.32 Å². The molecule has 1 aliphatic rings. The van der Waals surface area contributed by atoms with Crippen LogP contribution in [0.3, 0.4) is 0 Å². The predicted octanol–water partition coefficient (Wildman–Crippen LogP) is 3.17. The molecule has 0 spiro atoms. The van der Waals surface area contributed by atoms with Crippen LogP contribution in [0.5, 0.6) is 0 Å². The minimum Gasteiger partial charge on any atom is -0.450 e. The van der Waals surface area contributed by atoms with Gasteiger partial charge in [-0.25, -0.2) is 9.18 Å². The Bertz CT molecular complexity index is 471. The summed E-state index contributed by atoms with van der Waals surface area (Å²) in [7, 11) is 0. The second-order valence-corrected chi connectivity index (χ2v) is 5.09. The van der Waals surface area contributed by atoms with Crippen LogP contribution in [0.15, 0.2) is 18.2 Å². The van der Waals surface area contributed by atoms with Crippen molar-refractivity contribution in [1.29, 1.82) is 0 Å². The molecule has 0 bridgehead atoms. The van der Waals surface area contributed by atoms with Crippen LogP contribution in [0, 0.1) is 12.7 Å². The SMILES string of the molecule is CCOC(=O)N1CCC(Nc2cc(C)ccc2F)CC1. The molecule has 0 aliphatic carbocycles. The van der Waals surface area contributed by atoms with Gasteiger partial charge < -0.3 is 15.0 Å². The van der Waals surface area contributed by atoms with Crippen LogP contribution in [0.1, 0.15) is 25.3 Å². The van der Waals surface area contributed by atoms with E-state index in [-0.39, 0.29) is 18.0 Å². The molecule has 1 fully saturated rings. The number of carbonyl (C=O) groups is 1. The molecule has 110 valence electrons. The van der Waals surface area contributed by atoms with Gasteiger partial charge >= 0.3 is 6.09 Å². The van der Waals surface area contributed by atoms with E-state index >= 15 is 0 Å². The highest BCUT2D eigenvalue weighted by Gasteiger charge is 2.23. The van der Waals surface area contributed by atoms with Gasteiger partial charge in [-0.15, -0.1) is 0 Å². The summed E-state index contributed by atoms with van der Waals surface area (Å²) in [6, 6.07) is 5.24. The summed E-state index contributed by atoms with van der Waals surface area (Å²) in [4.78, 5) is 13.3. The molecular weight excluding hydrogens is 259 g/mol. The lowest BCUT2D eigenvalue weighted by atomic mass is 10.0. The van der Waals surface area contributed by atoms with Crippen LogP contribution in [0.4, 0.5) is 14.9 Å². The van der Waals surface area contributed by atoms with Gasteiger partial charge in [0.25, 0.3) is 0 Å². The van der Waals surface area contributed by atoms with Gasteiger partial charge in [0.2, 0.25) is 0 Å². The van der Waals surface area contributed by atoms with Crippen molar-refractivity contribution < 1.29 is 13.9 Å². The number of nitrogens with zero attached hydrogens (tertiary/aromatic N) is 1. The first-order valence-electron chi connectivity index (χ1n) is 7.04. The summed E-state index contributed by atoms with van der Waals surface area (Å²) in [5.41, 5.74) is 1.57. The molecule has 5 heteroatoms. The zero-order chi connectivity index (χ0) is 14.5. The zero-order valence-electron chi connectivity index (χ0n) is 12.0. The number of likely N-dealkylation sites (tertiary alicyclic amines) is 1. The fourth-order valence-corrected chi connectivity index (χ4v) is 2.39. The van der Waals surface area contributed by atoms with E-state index in [0.29, 0.717) is 25.4 Å². The van der Waals surface area contributed by atoms with Gasteiger partial charge in [0.05, 0.1) is 12.3 Å². The van der Waals surface area contributed by atoms with Crippen LogP contribution in [-0.2, 0) is 4.74 Å². The molecule has 0 aromatic heterocycles. The van der Waals surface area contributed by atoms with Crippen LogP contribution in [0.2, 0.25) is 0 Å². The van der Waals surface area contributed by atoms with Crippen LogP contribution in [0.25, 0.3) is 0 Å². The minimum absolute atomic E-state index is 0.192. The molecule has 4 nitrogen and oxygen atoms in total. The standard InChI is InChI=1S/C15H21FN2O2/c1-3-20-15(19)18-8-6-12(7-9-18)17-14-10-11(2)4-5-13(14)16/h4-5,10,12,17H,3,6-9H2,1-2H3. The van der Waals surface area contributed by atoms with Gasteiger partial charge in [-0.1, -0.05) is 6.07 Å².